The third-order valence-corrected chi connectivity index (χ3v) is 8.43. The van der Waals surface area contributed by atoms with Gasteiger partial charge in [0.2, 0.25) is 5.91 Å². The number of carboxylic acids is 1. The summed E-state index contributed by atoms with van der Waals surface area (Å²) in [5.74, 6) is -1.96. The van der Waals surface area contributed by atoms with Crippen LogP contribution in [0.5, 0.6) is 0 Å². The van der Waals surface area contributed by atoms with Gasteiger partial charge in [0, 0.05) is 25.4 Å². The van der Waals surface area contributed by atoms with Gasteiger partial charge < -0.3 is 20.1 Å². The Labute approximate surface area is 204 Å². The number of alkyl carbamates (subject to hydrolysis) is 1. The number of sulfone groups is 1. The number of hydrogen-bond acceptors (Lipinski definition) is 6. The number of aliphatic carboxylic acids is 1. The number of carboxylic acid groups (broad SMARTS) is 1. The van der Waals surface area contributed by atoms with Crippen LogP contribution in [0.25, 0.3) is 11.1 Å². The second-order valence-electron chi connectivity index (χ2n) is 8.96. The molecule has 10 heteroatoms. The Bertz CT molecular complexity index is 1200. The minimum absolute atomic E-state index is 0.00507. The molecule has 0 saturated carbocycles. The van der Waals surface area contributed by atoms with Gasteiger partial charge in [-0.25, -0.2) is 13.2 Å². The van der Waals surface area contributed by atoms with Gasteiger partial charge in [-0.15, -0.1) is 0 Å². The molecule has 1 fully saturated rings. The Kier molecular flexibility index (Phi) is 7.11. The quantitative estimate of drug-likeness (QED) is 0.569. The summed E-state index contributed by atoms with van der Waals surface area (Å²) in [5.41, 5.74) is 4.25. The molecule has 1 heterocycles. The predicted octanol–water partition coefficient (Wildman–Crippen LogP) is 2.40. The van der Waals surface area contributed by atoms with Crippen LogP contribution in [0, 0.1) is 0 Å². The maximum atomic E-state index is 13.0. The second kappa shape index (κ2) is 10.1. The lowest BCUT2D eigenvalue weighted by molar-refractivity contribution is -0.138. The second-order valence-corrected chi connectivity index (χ2v) is 11.2. The molecule has 35 heavy (non-hydrogen) atoms. The van der Waals surface area contributed by atoms with E-state index in [1.54, 1.807) is 0 Å². The molecular weight excluding hydrogens is 472 g/mol. The standard InChI is InChI=1S/C25H28N2O7S/c1-27(16-12-13-35(32,33)15-16)24(30)22(10-11-23(28)29)26-25(31)34-14-21-19-8-4-2-6-17(19)18-7-3-5-9-20(18)21/h2-9,16,21-22H,10-15H2,1H3,(H,26,31)(H,28,29). The molecule has 2 unspecified atom stereocenters. The highest BCUT2D eigenvalue weighted by molar-refractivity contribution is 7.91. The first-order valence-electron chi connectivity index (χ1n) is 11.5. The fraction of sp³-hybridized carbons (Fsp3) is 0.400. The summed E-state index contributed by atoms with van der Waals surface area (Å²) in [6.07, 6.45) is -0.997. The van der Waals surface area contributed by atoms with E-state index in [4.69, 9.17) is 9.84 Å². The average Bonchev–Trinajstić information content (AvgIpc) is 3.36. The van der Waals surface area contributed by atoms with Crippen molar-refractivity contribution in [2.45, 2.75) is 37.3 Å². The lowest BCUT2D eigenvalue weighted by atomic mass is 9.98. The number of ether oxygens (including phenoxy) is 1. The molecule has 0 spiro atoms. The molecule has 1 saturated heterocycles. The molecule has 186 valence electrons. The largest absolute Gasteiger partial charge is 0.481 e. The van der Waals surface area contributed by atoms with Crippen LogP contribution in [-0.2, 0) is 24.2 Å². The van der Waals surface area contributed by atoms with Gasteiger partial charge in [0.1, 0.15) is 12.6 Å². The first-order chi connectivity index (χ1) is 16.7. The number of benzene rings is 2. The number of fused-ring (bicyclic) bond motifs is 3. The molecule has 0 aromatic heterocycles. The van der Waals surface area contributed by atoms with Crippen molar-refractivity contribution in [1.82, 2.24) is 10.2 Å². The average molecular weight is 501 g/mol. The number of rotatable bonds is 8. The smallest absolute Gasteiger partial charge is 0.407 e. The molecule has 1 aliphatic heterocycles. The van der Waals surface area contributed by atoms with Crippen molar-refractivity contribution in [3.63, 3.8) is 0 Å². The van der Waals surface area contributed by atoms with E-state index in [0.717, 1.165) is 22.3 Å². The lowest BCUT2D eigenvalue weighted by Crippen LogP contribution is -2.51. The minimum atomic E-state index is -3.22. The van der Waals surface area contributed by atoms with Crippen molar-refractivity contribution in [3.8, 4) is 11.1 Å². The Morgan fingerprint density at radius 3 is 2.23 bits per heavy atom. The summed E-state index contributed by atoms with van der Waals surface area (Å²) in [6, 6.07) is 14.1. The summed E-state index contributed by atoms with van der Waals surface area (Å²) in [6.45, 7) is 0.0520. The zero-order chi connectivity index (χ0) is 25.2. The summed E-state index contributed by atoms with van der Waals surface area (Å²) in [7, 11) is -1.74. The summed E-state index contributed by atoms with van der Waals surface area (Å²) >= 11 is 0. The van der Waals surface area contributed by atoms with Crippen LogP contribution in [0.2, 0.25) is 0 Å². The Hall–Kier alpha value is -3.40. The number of nitrogens with zero attached hydrogens (tertiary/aromatic N) is 1. The van der Waals surface area contributed by atoms with E-state index in [-0.39, 0.29) is 36.9 Å². The molecule has 1 aliphatic carbocycles. The fourth-order valence-corrected chi connectivity index (χ4v) is 6.59. The number of carbonyl (C=O) groups excluding carboxylic acids is 2. The highest BCUT2D eigenvalue weighted by Crippen LogP contribution is 2.44. The Morgan fingerprint density at radius 1 is 1.09 bits per heavy atom. The van der Waals surface area contributed by atoms with Gasteiger partial charge in [-0.1, -0.05) is 48.5 Å². The van der Waals surface area contributed by atoms with Crippen LogP contribution < -0.4 is 5.32 Å². The van der Waals surface area contributed by atoms with E-state index >= 15 is 0 Å². The van der Waals surface area contributed by atoms with E-state index in [2.05, 4.69) is 5.32 Å². The van der Waals surface area contributed by atoms with Crippen LogP contribution in [0.15, 0.2) is 48.5 Å². The number of amides is 2. The molecule has 0 radical (unpaired) electrons. The molecule has 2 aliphatic rings. The van der Waals surface area contributed by atoms with Gasteiger partial charge in [-0.2, -0.15) is 0 Å². The van der Waals surface area contributed by atoms with E-state index in [1.807, 2.05) is 48.5 Å². The van der Waals surface area contributed by atoms with Crippen molar-refractivity contribution < 1.29 is 32.6 Å². The molecular formula is C25H28N2O7S. The highest BCUT2D eigenvalue weighted by Gasteiger charge is 2.36. The van der Waals surface area contributed by atoms with Crippen molar-refractivity contribution in [2.75, 3.05) is 25.2 Å². The van der Waals surface area contributed by atoms with Crippen LogP contribution in [0.3, 0.4) is 0 Å². The van der Waals surface area contributed by atoms with Gasteiger partial charge in [0.15, 0.2) is 9.84 Å². The van der Waals surface area contributed by atoms with Crippen molar-refractivity contribution in [2.24, 2.45) is 0 Å². The molecule has 0 bridgehead atoms. The third kappa shape index (κ3) is 5.48. The Morgan fingerprint density at radius 2 is 1.69 bits per heavy atom. The van der Waals surface area contributed by atoms with Gasteiger partial charge in [-0.05, 0) is 35.1 Å². The number of nitrogens with one attached hydrogen (secondary N) is 1. The molecule has 2 amide bonds. The van der Waals surface area contributed by atoms with Gasteiger partial charge >= 0.3 is 12.1 Å². The third-order valence-electron chi connectivity index (χ3n) is 6.68. The van der Waals surface area contributed by atoms with Crippen LogP contribution in [0.4, 0.5) is 4.79 Å². The molecule has 2 atom stereocenters. The van der Waals surface area contributed by atoms with Crippen LogP contribution in [-0.4, -0.2) is 73.6 Å². The van der Waals surface area contributed by atoms with E-state index in [9.17, 15) is 22.8 Å². The molecule has 2 N–H and O–H groups in total. The fourth-order valence-electron chi connectivity index (χ4n) is 4.81. The summed E-state index contributed by atoms with van der Waals surface area (Å²) in [5, 5.41) is 11.6. The Balaban J connectivity index is 1.43. The van der Waals surface area contributed by atoms with Gasteiger partial charge in [0.05, 0.1) is 11.5 Å². The predicted molar refractivity (Wildman–Crippen MR) is 129 cm³/mol. The molecule has 9 nitrogen and oxygen atoms in total. The maximum Gasteiger partial charge on any atom is 0.407 e. The molecule has 2 aromatic carbocycles. The van der Waals surface area contributed by atoms with Crippen LogP contribution in [0.1, 0.15) is 36.3 Å². The highest BCUT2D eigenvalue weighted by atomic mass is 32.2. The van der Waals surface area contributed by atoms with Crippen molar-refractivity contribution >= 4 is 27.8 Å². The van der Waals surface area contributed by atoms with Crippen molar-refractivity contribution in [3.05, 3.63) is 59.7 Å². The maximum absolute atomic E-state index is 13.0. The minimum Gasteiger partial charge on any atom is -0.481 e. The number of likely N-dealkylation sites (N-methyl/N-ethyl adjacent to an activating group) is 1. The van der Waals surface area contributed by atoms with E-state index < -0.39 is 39.9 Å². The van der Waals surface area contributed by atoms with Crippen molar-refractivity contribution in [1.29, 1.82) is 0 Å². The lowest BCUT2D eigenvalue weighted by Gasteiger charge is -2.28. The zero-order valence-electron chi connectivity index (χ0n) is 19.3. The van der Waals surface area contributed by atoms with E-state index in [0.29, 0.717) is 6.42 Å². The number of hydrogen-bond donors (Lipinski definition) is 2. The first kappa shape index (κ1) is 24.7. The monoisotopic (exact) mass is 500 g/mol. The summed E-state index contributed by atoms with van der Waals surface area (Å²) < 4.78 is 29.1. The normalized spacial score (nSPS) is 18.8. The SMILES string of the molecule is CN(C(=O)C(CCC(=O)O)NC(=O)OCC1c2ccccc2-c2ccccc21)C1CCS(=O)(=O)C1. The van der Waals surface area contributed by atoms with Gasteiger partial charge in [-0.3, -0.25) is 9.59 Å². The molecule has 2 aromatic rings. The number of carbonyl (C=O) groups is 3. The van der Waals surface area contributed by atoms with Gasteiger partial charge in [0.25, 0.3) is 0 Å². The molecule has 4 rings (SSSR count). The topological polar surface area (TPSA) is 130 Å². The van der Waals surface area contributed by atoms with Crippen LogP contribution >= 0.6 is 0 Å². The summed E-state index contributed by atoms with van der Waals surface area (Å²) in [4.78, 5) is 38.1. The zero-order valence-corrected chi connectivity index (χ0v) is 20.2. The van der Waals surface area contributed by atoms with E-state index in [1.165, 1.54) is 11.9 Å². The first-order valence-corrected chi connectivity index (χ1v) is 13.3.